The SMILES string of the molecule is CCCCCc1ccc(NC(=O)C2(CN)CCOCC2)cc1.Cl. The van der Waals surface area contributed by atoms with Gasteiger partial charge in [0.1, 0.15) is 0 Å². The zero-order chi connectivity index (χ0) is 15.8. The van der Waals surface area contributed by atoms with E-state index < -0.39 is 5.41 Å². The van der Waals surface area contributed by atoms with Gasteiger partial charge in [-0.15, -0.1) is 12.4 Å². The summed E-state index contributed by atoms with van der Waals surface area (Å²) < 4.78 is 5.35. The van der Waals surface area contributed by atoms with Crippen LogP contribution in [0.15, 0.2) is 24.3 Å². The number of halogens is 1. The number of anilines is 1. The van der Waals surface area contributed by atoms with Crippen LogP contribution >= 0.6 is 12.4 Å². The first-order valence-corrected chi connectivity index (χ1v) is 8.38. The van der Waals surface area contributed by atoms with E-state index in [0.717, 1.165) is 12.1 Å². The molecule has 1 amide bonds. The molecule has 1 aliphatic heterocycles. The molecule has 0 aromatic heterocycles. The van der Waals surface area contributed by atoms with Crippen molar-refractivity contribution in [2.75, 3.05) is 25.1 Å². The summed E-state index contributed by atoms with van der Waals surface area (Å²) in [6.45, 7) is 3.81. The van der Waals surface area contributed by atoms with Gasteiger partial charge in [-0.1, -0.05) is 31.9 Å². The van der Waals surface area contributed by atoms with E-state index in [4.69, 9.17) is 10.5 Å². The second-order valence-electron chi connectivity index (χ2n) is 6.20. The van der Waals surface area contributed by atoms with E-state index in [2.05, 4.69) is 24.4 Å². The standard InChI is InChI=1S/C18H28N2O2.ClH/c1-2-3-4-5-15-6-8-16(9-7-15)20-17(21)18(14-19)10-12-22-13-11-18;/h6-9H,2-5,10-14,19H2,1H3,(H,20,21);1H. The molecule has 1 heterocycles. The van der Waals surface area contributed by atoms with Crippen molar-refractivity contribution in [1.29, 1.82) is 0 Å². The Balaban J connectivity index is 0.00000264. The first-order valence-electron chi connectivity index (χ1n) is 8.38. The molecule has 0 radical (unpaired) electrons. The Kier molecular flexibility index (Phi) is 8.59. The molecule has 0 unspecified atom stereocenters. The number of nitrogens with one attached hydrogen (secondary N) is 1. The Bertz CT molecular complexity index is 470. The third-order valence-electron chi connectivity index (χ3n) is 4.60. The van der Waals surface area contributed by atoms with Gasteiger partial charge in [-0.25, -0.2) is 0 Å². The number of hydrogen-bond donors (Lipinski definition) is 2. The number of ether oxygens (including phenoxy) is 1. The van der Waals surface area contributed by atoms with Crippen LogP contribution in [0.25, 0.3) is 0 Å². The zero-order valence-electron chi connectivity index (χ0n) is 14.0. The minimum absolute atomic E-state index is 0. The summed E-state index contributed by atoms with van der Waals surface area (Å²) >= 11 is 0. The van der Waals surface area contributed by atoms with Crippen molar-refractivity contribution in [3.05, 3.63) is 29.8 Å². The number of nitrogens with two attached hydrogens (primary N) is 1. The predicted molar refractivity (Wildman–Crippen MR) is 97.1 cm³/mol. The van der Waals surface area contributed by atoms with Crippen LogP contribution < -0.4 is 11.1 Å². The maximum absolute atomic E-state index is 12.6. The van der Waals surface area contributed by atoms with Crippen molar-refractivity contribution in [2.24, 2.45) is 11.1 Å². The van der Waals surface area contributed by atoms with Crippen LogP contribution in [0.5, 0.6) is 0 Å². The lowest BCUT2D eigenvalue weighted by molar-refractivity contribution is -0.130. The van der Waals surface area contributed by atoms with Gasteiger partial charge >= 0.3 is 0 Å². The molecule has 0 aliphatic carbocycles. The second kappa shape index (κ2) is 9.91. The first kappa shape index (κ1) is 19.9. The highest BCUT2D eigenvalue weighted by Gasteiger charge is 2.38. The fraction of sp³-hybridized carbons (Fsp3) is 0.611. The lowest BCUT2D eigenvalue weighted by Crippen LogP contribution is -2.46. The van der Waals surface area contributed by atoms with Crippen molar-refractivity contribution in [2.45, 2.75) is 45.4 Å². The Morgan fingerprint density at radius 1 is 1.22 bits per heavy atom. The lowest BCUT2D eigenvalue weighted by atomic mass is 9.79. The summed E-state index contributed by atoms with van der Waals surface area (Å²) in [6, 6.07) is 8.18. The molecule has 3 N–H and O–H groups in total. The zero-order valence-corrected chi connectivity index (χ0v) is 14.8. The van der Waals surface area contributed by atoms with Crippen LogP contribution in [0.1, 0.15) is 44.6 Å². The monoisotopic (exact) mass is 340 g/mol. The van der Waals surface area contributed by atoms with Crippen LogP contribution in [0.4, 0.5) is 5.69 Å². The molecular weight excluding hydrogens is 312 g/mol. The topological polar surface area (TPSA) is 64.4 Å². The van der Waals surface area contributed by atoms with Gasteiger partial charge in [-0.05, 0) is 43.4 Å². The van der Waals surface area contributed by atoms with Crippen molar-refractivity contribution < 1.29 is 9.53 Å². The minimum Gasteiger partial charge on any atom is -0.381 e. The molecule has 1 fully saturated rings. The quantitative estimate of drug-likeness (QED) is 0.746. The molecule has 0 saturated carbocycles. The summed E-state index contributed by atoms with van der Waals surface area (Å²) in [5, 5.41) is 3.02. The van der Waals surface area contributed by atoms with E-state index in [1.807, 2.05) is 12.1 Å². The average Bonchev–Trinajstić information content (AvgIpc) is 2.57. The van der Waals surface area contributed by atoms with Crippen molar-refractivity contribution in [3.63, 3.8) is 0 Å². The predicted octanol–water partition coefficient (Wildman–Crippen LogP) is 3.54. The summed E-state index contributed by atoms with van der Waals surface area (Å²) in [7, 11) is 0. The van der Waals surface area contributed by atoms with Gasteiger partial charge in [-0.3, -0.25) is 4.79 Å². The van der Waals surface area contributed by atoms with Gasteiger partial charge in [0.15, 0.2) is 0 Å². The van der Waals surface area contributed by atoms with Gasteiger partial charge in [0.05, 0.1) is 5.41 Å². The number of benzene rings is 1. The van der Waals surface area contributed by atoms with Gasteiger partial charge in [-0.2, -0.15) is 0 Å². The molecule has 1 aromatic rings. The highest BCUT2D eigenvalue weighted by molar-refractivity contribution is 5.95. The molecule has 0 atom stereocenters. The number of carbonyl (C=O) groups is 1. The first-order chi connectivity index (χ1) is 10.7. The average molecular weight is 341 g/mol. The maximum Gasteiger partial charge on any atom is 0.232 e. The van der Waals surface area contributed by atoms with Crippen LogP contribution in [0, 0.1) is 5.41 Å². The Morgan fingerprint density at radius 3 is 2.43 bits per heavy atom. The largest absolute Gasteiger partial charge is 0.381 e. The molecule has 1 aliphatic rings. The van der Waals surface area contributed by atoms with Crippen LogP contribution in [0.3, 0.4) is 0 Å². The molecule has 23 heavy (non-hydrogen) atoms. The number of carbonyl (C=O) groups excluding carboxylic acids is 1. The maximum atomic E-state index is 12.6. The summed E-state index contributed by atoms with van der Waals surface area (Å²) in [5.74, 6) is 0.0250. The van der Waals surface area contributed by atoms with Gasteiger partial charge < -0.3 is 15.8 Å². The molecule has 0 spiro atoms. The highest BCUT2D eigenvalue weighted by Crippen LogP contribution is 2.31. The van der Waals surface area contributed by atoms with Crippen molar-refractivity contribution in [1.82, 2.24) is 0 Å². The molecule has 0 bridgehead atoms. The normalized spacial score (nSPS) is 16.4. The molecule has 4 nitrogen and oxygen atoms in total. The third kappa shape index (κ3) is 5.48. The Morgan fingerprint density at radius 2 is 1.87 bits per heavy atom. The van der Waals surface area contributed by atoms with E-state index in [9.17, 15) is 4.79 Å². The van der Waals surface area contributed by atoms with E-state index in [1.54, 1.807) is 0 Å². The second-order valence-corrected chi connectivity index (χ2v) is 6.20. The number of amides is 1. The summed E-state index contributed by atoms with van der Waals surface area (Å²) in [4.78, 5) is 12.6. The van der Waals surface area contributed by atoms with Crippen molar-refractivity contribution >= 4 is 24.0 Å². The van der Waals surface area contributed by atoms with E-state index in [-0.39, 0.29) is 18.3 Å². The van der Waals surface area contributed by atoms with Crippen molar-refractivity contribution in [3.8, 4) is 0 Å². The summed E-state index contributed by atoms with van der Waals surface area (Å²) in [6.07, 6.45) is 6.22. The molecule has 130 valence electrons. The van der Waals surface area contributed by atoms with Gasteiger partial charge in [0, 0.05) is 25.4 Å². The highest BCUT2D eigenvalue weighted by atomic mass is 35.5. The Hall–Kier alpha value is -1.10. The number of rotatable bonds is 7. The molecule has 5 heteroatoms. The Labute approximate surface area is 145 Å². The molecule has 1 aromatic carbocycles. The van der Waals surface area contributed by atoms with E-state index >= 15 is 0 Å². The fourth-order valence-electron chi connectivity index (χ4n) is 2.88. The number of aryl methyl sites for hydroxylation is 1. The van der Waals surface area contributed by atoms with Crippen LogP contribution in [-0.2, 0) is 16.0 Å². The summed E-state index contributed by atoms with van der Waals surface area (Å²) in [5.41, 5.74) is 7.57. The molecule has 2 rings (SSSR count). The lowest BCUT2D eigenvalue weighted by Gasteiger charge is -2.34. The van der Waals surface area contributed by atoms with Gasteiger partial charge in [0.2, 0.25) is 5.91 Å². The van der Waals surface area contributed by atoms with E-state index in [1.165, 1.54) is 24.8 Å². The number of hydrogen-bond acceptors (Lipinski definition) is 3. The third-order valence-corrected chi connectivity index (χ3v) is 4.60. The van der Waals surface area contributed by atoms with Crippen LogP contribution in [0.2, 0.25) is 0 Å². The fourth-order valence-corrected chi connectivity index (χ4v) is 2.88. The molecule has 1 saturated heterocycles. The smallest absolute Gasteiger partial charge is 0.232 e. The molecular formula is C18H29ClN2O2. The van der Waals surface area contributed by atoms with Gasteiger partial charge in [0.25, 0.3) is 0 Å². The van der Waals surface area contributed by atoms with E-state index in [0.29, 0.717) is 32.6 Å². The minimum atomic E-state index is -0.474. The van der Waals surface area contributed by atoms with Crippen LogP contribution in [-0.4, -0.2) is 25.7 Å². The number of unbranched alkanes of at least 4 members (excludes halogenated alkanes) is 2.